The molecule has 0 radical (unpaired) electrons. The van der Waals surface area contributed by atoms with Crippen LogP contribution < -0.4 is 4.74 Å². The predicted molar refractivity (Wildman–Crippen MR) is 136 cm³/mol. The molecule has 4 rings (SSSR count). The van der Waals surface area contributed by atoms with E-state index in [4.69, 9.17) is 9.47 Å². The summed E-state index contributed by atoms with van der Waals surface area (Å²) in [4.78, 5) is 37.7. The van der Waals surface area contributed by atoms with E-state index in [1.807, 2.05) is 31.2 Å². The van der Waals surface area contributed by atoms with Crippen LogP contribution >= 0.6 is 0 Å². The highest BCUT2D eigenvalue weighted by Gasteiger charge is 2.45. The first-order valence-electron chi connectivity index (χ1n) is 11.6. The molecular weight excluding hydrogens is 476 g/mol. The van der Waals surface area contributed by atoms with Gasteiger partial charge >= 0.3 is 0 Å². The molecule has 0 aliphatic carbocycles. The highest BCUT2D eigenvalue weighted by molar-refractivity contribution is 6.46. The molecule has 1 amide bonds. The summed E-state index contributed by atoms with van der Waals surface area (Å²) in [6, 6.07) is 19.2. The fourth-order valence-electron chi connectivity index (χ4n) is 4.14. The van der Waals surface area contributed by atoms with Crippen molar-refractivity contribution in [2.45, 2.75) is 19.6 Å². The van der Waals surface area contributed by atoms with E-state index in [1.54, 1.807) is 24.3 Å². The Labute approximate surface area is 213 Å². The second-order valence-corrected chi connectivity index (χ2v) is 8.63. The highest BCUT2D eigenvalue weighted by atomic mass is 16.6. The van der Waals surface area contributed by atoms with Crippen molar-refractivity contribution < 1.29 is 29.1 Å². The minimum absolute atomic E-state index is 0.0942. The van der Waals surface area contributed by atoms with Crippen LogP contribution in [0, 0.1) is 17.0 Å². The summed E-state index contributed by atoms with van der Waals surface area (Å²) >= 11 is 0. The van der Waals surface area contributed by atoms with Gasteiger partial charge in [0.25, 0.3) is 17.4 Å². The number of nitro benzene ring substituents is 1. The lowest BCUT2D eigenvalue weighted by Crippen LogP contribution is -2.32. The Morgan fingerprint density at radius 3 is 2.24 bits per heavy atom. The maximum atomic E-state index is 13.0. The van der Waals surface area contributed by atoms with Gasteiger partial charge in [0.05, 0.1) is 23.1 Å². The average Bonchev–Trinajstić information content (AvgIpc) is 3.16. The van der Waals surface area contributed by atoms with E-state index < -0.39 is 28.4 Å². The molecular formula is C28H26N2O7. The Morgan fingerprint density at radius 1 is 1.00 bits per heavy atom. The lowest BCUT2D eigenvalue weighted by Gasteiger charge is -2.25. The maximum Gasteiger partial charge on any atom is 0.295 e. The van der Waals surface area contributed by atoms with Gasteiger partial charge in [-0.2, -0.15) is 0 Å². The summed E-state index contributed by atoms with van der Waals surface area (Å²) in [6.07, 6.45) is 0. The molecule has 1 heterocycles. The van der Waals surface area contributed by atoms with Gasteiger partial charge in [-0.15, -0.1) is 0 Å². The zero-order valence-corrected chi connectivity index (χ0v) is 20.4. The Bertz CT molecular complexity index is 1330. The molecule has 9 nitrogen and oxygen atoms in total. The number of ketones is 1. The monoisotopic (exact) mass is 502 g/mol. The van der Waals surface area contributed by atoms with Crippen LogP contribution in [0.3, 0.4) is 0 Å². The quantitative estimate of drug-likeness (QED) is 0.150. The number of amides is 1. The summed E-state index contributed by atoms with van der Waals surface area (Å²) in [5.74, 6) is -1.40. The third-order valence-corrected chi connectivity index (χ3v) is 6.15. The van der Waals surface area contributed by atoms with Crippen LogP contribution in [0.15, 0.2) is 78.4 Å². The van der Waals surface area contributed by atoms with Crippen LogP contribution in [0.25, 0.3) is 5.76 Å². The molecule has 0 spiro atoms. The third kappa shape index (κ3) is 5.52. The van der Waals surface area contributed by atoms with E-state index in [1.165, 1.54) is 36.3 Å². The normalized spacial score (nSPS) is 16.7. The van der Waals surface area contributed by atoms with Crippen LogP contribution in [0.1, 0.15) is 28.3 Å². The number of nitro groups is 1. The van der Waals surface area contributed by atoms with Gasteiger partial charge in [-0.05, 0) is 42.3 Å². The van der Waals surface area contributed by atoms with E-state index in [9.17, 15) is 24.8 Å². The van der Waals surface area contributed by atoms with Gasteiger partial charge in [-0.25, -0.2) is 0 Å². The predicted octanol–water partition coefficient (Wildman–Crippen LogP) is 4.55. The molecule has 1 aliphatic heterocycles. The molecule has 0 saturated carbocycles. The van der Waals surface area contributed by atoms with Crippen molar-refractivity contribution >= 4 is 23.1 Å². The number of Topliss-reactive ketones (excluding diaryl/α,β-unsaturated/α-hetero) is 1. The fourth-order valence-corrected chi connectivity index (χ4v) is 4.14. The minimum Gasteiger partial charge on any atom is -0.507 e. The number of benzene rings is 3. The van der Waals surface area contributed by atoms with Crippen LogP contribution in [0.2, 0.25) is 0 Å². The van der Waals surface area contributed by atoms with Crippen molar-refractivity contribution in [3.8, 4) is 5.75 Å². The highest BCUT2D eigenvalue weighted by Crippen LogP contribution is 2.39. The van der Waals surface area contributed by atoms with Gasteiger partial charge in [0, 0.05) is 31.4 Å². The van der Waals surface area contributed by atoms with E-state index in [0.717, 1.165) is 11.1 Å². The number of hydrogen-bond acceptors (Lipinski definition) is 7. The van der Waals surface area contributed by atoms with Gasteiger partial charge in [-0.1, -0.05) is 42.0 Å². The number of non-ortho nitro benzene ring substituents is 1. The molecule has 1 N–H and O–H groups in total. The number of rotatable bonds is 9. The Hall–Kier alpha value is -4.50. The first-order chi connectivity index (χ1) is 17.8. The van der Waals surface area contributed by atoms with Gasteiger partial charge in [0.1, 0.15) is 18.1 Å². The number of methoxy groups -OCH3 is 1. The van der Waals surface area contributed by atoms with Crippen LogP contribution in [-0.4, -0.2) is 46.9 Å². The van der Waals surface area contributed by atoms with E-state index in [2.05, 4.69) is 0 Å². The van der Waals surface area contributed by atoms with E-state index in [0.29, 0.717) is 17.9 Å². The molecule has 9 heteroatoms. The number of carbonyl (C=O) groups excluding carboxylic acids is 2. The number of hydrogen-bond donors (Lipinski definition) is 1. The number of aliphatic hydroxyl groups excluding tert-OH is 1. The number of likely N-dealkylation sites (tertiary alicyclic amines) is 1. The Balaban J connectivity index is 1.66. The molecule has 3 aromatic rings. The maximum absolute atomic E-state index is 13.0. The lowest BCUT2D eigenvalue weighted by molar-refractivity contribution is -0.384. The number of carbonyl (C=O) groups is 2. The molecule has 0 bridgehead atoms. The Morgan fingerprint density at radius 2 is 1.65 bits per heavy atom. The first kappa shape index (κ1) is 25.6. The molecule has 190 valence electrons. The Kier molecular flexibility index (Phi) is 7.64. The first-order valence-corrected chi connectivity index (χ1v) is 11.6. The van der Waals surface area contributed by atoms with Crippen molar-refractivity contribution in [3.05, 3.63) is 111 Å². The smallest absolute Gasteiger partial charge is 0.295 e. The number of ether oxygens (including phenoxy) is 2. The van der Waals surface area contributed by atoms with Crippen molar-refractivity contribution in [2.75, 3.05) is 20.3 Å². The lowest BCUT2D eigenvalue weighted by atomic mass is 9.95. The van der Waals surface area contributed by atoms with E-state index >= 15 is 0 Å². The molecule has 1 atom stereocenters. The molecule has 1 unspecified atom stereocenters. The number of aliphatic hydroxyl groups is 1. The fraction of sp³-hybridized carbons (Fsp3) is 0.214. The largest absolute Gasteiger partial charge is 0.507 e. The van der Waals surface area contributed by atoms with Crippen molar-refractivity contribution in [1.29, 1.82) is 0 Å². The second-order valence-electron chi connectivity index (χ2n) is 8.63. The van der Waals surface area contributed by atoms with E-state index in [-0.39, 0.29) is 30.0 Å². The average molecular weight is 503 g/mol. The molecule has 1 saturated heterocycles. The minimum atomic E-state index is -0.864. The SMILES string of the molecule is COCCN1C(=O)C(=O)/C(=C(\O)c2ccc([N+](=O)[O-])cc2)C1c1ccc(OCc2ccc(C)cc2)cc1. The third-order valence-electron chi connectivity index (χ3n) is 6.15. The van der Waals surface area contributed by atoms with Gasteiger partial charge in [0.15, 0.2) is 0 Å². The van der Waals surface area contributed by atoms with Crippen LogP contribution in [-0.2, 0) is 20.9 Å². The van der Waals surface area contributed by atoms with Crippen molar-refractivity contribution in [1.82, 2.24) is 4.90 Å². The van der Waals surface area contributed by atoms with Gasteiger partial charge in [0.2, 0.25) is 0 Å². The van der Waals surface area contributed by atoms with Gasteiger partial charge < -0.3 is 19.5 Å². The van der Waals surface area contributed by atoms with Crippen LogP contribution in [0.4, 0.5) is 5.69 Å². The summed E-state index contributed by atoms with van der Waals surface area (Å²) in [6.45, 7) is 2.72. The summed E-state index contributed by atoms with van der Waals surface area (Å²) in [5, 5.41) is 22.0. The second kappa shape index (κ2) is 11.0. The molecule has 0 aromatic heterocycles. The summed E-state index contributed by atoms with van der Waals surface area (Å²) in [7, 11) is 1.49. The molecule has 3 aromatic carbocycles. The molecule has 37 heavy (non-hydrogen) atoms. The van der Waals surface area contributed by atoms with Crippen molar-refractivity contribution in [2.24, 2.45) is 0 Å². The molecule has 1 aliphatic rings. The number of nitrogens with zero attached hydrogens (tertiary/aromatic N) is 2. The van der Waals surface area contributed by atoms with Crippen LogP contribution in [0.5, 0.6) is 5.75 Å². The number of aryl methyl sites for hydroxylation is 1. The zero-order valence-electron chi connectivity index (χ0n) is 20.4. The topological polar surface area (TPSA) is 119 Å². The standard InChI is InChI=1S/C28H26N2O7/c1-18-3-5-19(6-4-18)17-37-23-13-9-20(10-14-23)25-24(27(32)28(33)29(25)15-16-36-2)26(31)21-7-11-22(12-8-21)30(34)35/h3-14,25,31H,15-17H2,1-2H3/b26-24-. The summed E-state index contributed by atoms with van der Waals surface area (Å²) in [5.41, 5.74) is 2.72. The van der Waals surface area contributed by atoms with Gasteiger partial charge in [-0.3, -0.25) is 19.7 Å². The molecule has 1 fully saturated rings. The summed E-state index contributed by atoms with van der Waals surface area (Å²) < 4.78 is 11.0. The zero-order chi connectivity index (χ0) is 26.5. The van der Waals surface area contributed by atoms with Crippen molar-refractivity contribution in [3.63, 3.8) is 0 Å².